The van der Waals surface area contributed by atoms with Gasteiger partial charge in [-0.15, -0.1) is 0 Å². The molecule has 0 saturated heterocycles. The third-order valence-corrected chi connectivity index (χ3v) is 3.01. The molecule has 2 rings (SSSR count). The number of hydrogen-bond acceptors (Lipinski definition) is 4. The van der Waals surface area contributed by atoms with Gasteiger partial charge in [0, 0.05) is 17.3 Å². The van der Waals surface area contributed by atoms with E-state index in [0.29, 0.717) is 23.6 Å². The molecule has 0 unspecified atom stereocenters. The maximum absolute atomic E-state index is 11.3. The van der Waals surface area contributed by atoms with E-state index < -0.39 is 5.97 Å². The predicted molar refractivity (Wildman–Crippen MR) is 78.6 cm³/mol. The quantitative estimate of drug-likeness (QED) is 0.651. The second kappa shape index (κ2) is 6.09. The summed E-state index contributed by atoms with van der Waals surface area (Å²) in [6.45, 7) is 1.75. The number of carbonyl (C=O) groups is 2. The Balaban J connectivity index is 2.04. The number of rotatable bonds is 5. The number of nitrogen functional groups attached to an aromatic ring is 1. The number of anilines is 1. The van der Waals surface area contributed by atoms with Crippen LogP contribution in [0.4, 0.5) is 5.69 Å². The van der Waals surface area contributed by atoms with E-state index >= 15 is 0 Å². The molecule has 0 amide bonds. The molecule has 2 aromatic rings. The largest absolute Gasteiger partial charge is 0.489 e. The van der Waals surface area contributed by atoms with Crippen molar-refractivity contribution < 1.29 is 19.4 Å². The topological polar surface area (TPSA) is 89.6 Å². The van der Waals surface area contributed by atoms with Crippen LogP contribution in [-0.4, -0.2) is 16.9 Å². The normalized spacial score (nSPS) is 10.1. The second-order valence-electron chi connectivity index (χ2n) is 4.60. The molecule has 0 aliphatic heterocycles. The fraction of sp³-hybridized carbons (Fsp3) is 0.125. The number of hydrogen-bond donors (Lipinski definition) is 2. The van der Waals surface area contributed by atoms with Crippen molar-refractivity contribution in [2.45, 2.75) is 13.5 Å². The molecule has 0 spiro atoms. The Morgan fingerprint density at radius 3 is 2.33 bits per heavy atom. The number of carbonyl (C=O) groups excluding carboxylic acids is 1. The Kier molecular flexibility index (Phi) is 4.23. The lowest BCUT2D eigenvalue weighted by Crippen LogP contribution is -2.02. The highest BCUT2D eigenvalue weighted by Crippen LogP contribution is 2.21. The molecule has 2 aromatic carbocycles. The Labute approximate surface area is 122 Å². The Bertz CT molecular complexity index is 677. The lowest BCUT2D eigenvalue weighted by atomic mass is 10.1. The third-order valence-electron chi connectivity index (χ3n) is 3.01. The number of ketones is 1. The van der Waals surface area contributed by atoms with Gasteiger partial charge in [0.2, 0.25) is 0 Å². The van der Waals surface area contributed by atoms with Crippen molar-refractivity contribution in [1.29, 1.82) is 0 Å². The van der Waals surface area contributed by atoms with Crippen LogP contribution < -0.4 is 10.5 Å². The minimum absolute atomic E-state index is 0.0942. The zero-order chi connectivity index (χ0) is 15.4. The summed E-state index contributed by atoms with van der Waals surface area (Å²) in [6.07, 6.45) is 0. The first-order chi connectivity index (χ1) is 9.97. The lowest BCUT2D eigenvalue weighted by Gasteiger charge is -2.09. The van der Waals surface area contributed by atoms with Crippen molar-refractivity contribution in [3.63, 3.8) is 0 Å². The van der Waals surface area contributed by atoms with E-state index in [2.05, 4.69) is 0 Å². The van der Waals surface area contributed by atoms with Crippen molar-refractivity contribution in [3.8, 4) is 5.75 Å². The molecule has 3 N–H and O–H groups in total. The summed E-state index contributed by atoms with van der Waals surface area (Å²) in [5.74, 6) is -0.502. The first-order valence-corrected chi connectivity index (χ1v) is 6.33. The van der Waals surface area contributed by atoms with Gasteiger partial charge >= 0.3 is 5.97 Å². The Hall–Kier alpha value is -2.82. The summed E-state index contributed by atoms with van der Waals surface area (Å²) in [4.78, 5) is 22.0. The molecule has 0 aromatic heterocycles. The Morgan fingerprint density at radius 2 is 1.81 bits per heavy atom. The molecule has 0 bridgehead atoms. The molecule has 0 radical (unpaired) electrons. The zero-order valence-electron chi connectivity index (χ0n) is 11.5. The van der Waals surface area contributed by atoms with E-state index in [1.54, 1.807) is 30.3 Å². The number of ether oxygens (including phenoxy) is 1. The van der Waals surface area contributed by atoms with Crippen LogP contribution in [0.25, 0.3) is 0 Å². The Morgan fingerprint density at radius 1 is 1.14 bits per heavy atom. The van der Waals surface area contributed by atoms with Crippen LogP contribution in [0.5, 0.6) is 5.75 Å². The van der Waals surface area contributed by atoms with Crippen molar-refractivity contribution in [2.24, 2.45) is 0 Å². The molecule has 21 heavy (non-hydrogen) atoms. The van der Waals surface area contributed by atoms with E-state index in [9.17, 15) is 9.59 Å². The van der Waals surface area contributed by atoms with E-state index in [0.717, 1.165) is 5.56 Å². The molecule has 5 nitrogen and oxygen atoms in total. The van der Waals surface area contributed by atoms with Crippen molar-refractivity contribution in [2.75, 3.05) is 5.73 Å². The minimum Gasteiger partial charge on any atom is -0.489 e. The van der Waals surface area contributed by atoms with Gasteiger partial charge < -0.3 is 15.6 Å². The molecule has 0 saturated carbocycles. The van der Waals surface area contributed by atoms with Gasteiger partial charge in [0.25, 0.3) is 0 Å². The van der Waals surface area contributed by atoms with Gasteiger partial charge in [-0.1, -0.05) is 12.1 Å². The van der Waals surface area contributed by atoms with Gasteiger partial charge in [0.15, 0.2) is 5.78 Å². The van der Waals surface area contributed by atoms with Gasteiger partial charge in [0.05, 0.1) is 5.56 Å². The first kappa shape index (κ1) is 14.6. The minimum atomic E-state index is -0.963. The van der Waals surface area contributed by atoms with Crippen LogP contribution in [-0.2, 0) is 6.61 Å². The molecule has 0 aliphatic carbocycles. The average Bonchev–Trinajstić information content (AvgIpc) is 2.45. The number of benzene rings is 2. The monoisotopic (exact) mass is 285 g/mol. The van der Waals surface area contributed by atoms with E-state index in [1.807, 2.05) is 0 Å². The maximum atomic E-state index is 11.3. The molecule has 0 aliphatic rings. The number of nitrogens with two attached hydrogens (primary N) is 1. The summed E-state index contributed by atoms with van der Waals surface area (Å²) >= 11 is 0. The van der Waals surface area contributed by atoms with Crippen LogP contribution in [0.1, 0.15) is 33.2 Å². The fourth-order valence-corrected chi connectivity index (χ4v) is 1.86. The number of carboxylic acid groups (broad SMARTS) is 1. The standard InChI is InChI=1S/C16H15NO4/c1-10(18)14-7-6-13(8-15(14)17)21-9-11-2-4-12(5-3-11)16(19)20/h2-8H,9,17H2,1H3,(H,19,20). The van der Waals surface area contributed by atoms with Crippen LogP contribution >= 0.6 is 0 Å². The molecular formula is C16H15NO4. The SMILES string of the molecule is CC(=O)c1ccc(OCc2ccc(C(=O)O)cc2)cc1N. The van der Waals surface area contributed by atoms with Crippen LogP contribution in [0.2, 0.25) is 0 Å². The lowest BCUT2D eigenvalue weighted by molar-refractivity contribution is 0.0696. The number of carboxylic acids is 1. The maximum Gasteiger partial charge on any atom is 0.335 e. The number of Topliss-reactive ketones (excluding diaryl/α,β-unsaturated/α-hetero) is 1. The van der Waals surface area contributed by atoms with Gasteiger partial charge in [-0.3, -0.25) is 4.79 Å². The van der Waals surface area contributed by atoms with E-state index in [4.69, 9.17) is 15.6 Å². The highest BCUT2D eigenvalue weighted by molar-refractivity contribution is 5.99. The fourth-order valence-electron chi connectivity index (χ4n) is 1.86. The highest BCUT2D eigenvalue weighted by Gasteiger charge is 2.06. The number of aromatic carboxylic acids is 1. The molecule has 0 atom stereocenters. The molecular weight excluding hydrogens is 270 g/mol. The van der Waals surface area contributed by atoms with Crippen molar-refractivity contribution >= 4 is 17.4 Å². The smallest absolute Gasteiger partial charge is 0.335 e. The summed E-state index contributed by atoms with van der Waals surface area (Å²) in [7, 11) is 0. The van der Waals surface area contributed by atoms with E-state index in [-0.39, 0.29) is 11.3 Å². The summed E-state index contributed by atoms with van der Waals surface area (Å²) in [5.41, 5.74) is 7.69. The highest BCUT2D eigenvalue weighted by atomic mass is 16.5. The summed E-state index contributed by atoms with van der Waals surface area (Å²) in [5, 5.41) is 8.81. The van der Waals surface area contributed by atoms with Gasteiger partial charge in [-0.2, -0.15) is 0 Å². The summed E-state index contributed by atoms with van der Waals surface area (Å²) < 4.78 is 5.57. The van der Waals surface area contributed by atoms with Gasteiger partial charge in [-0.05, 0) is 36.8 Å². The molecule has 108 valence electrons. The van der Waals surface area contributed by atoms with Gasteiger partial charge in [0.1, 0.15) is 12.4 Å². The second-order valence-corrected chi connectivity index (χ2v) is 4.60. The van der Waals surface area contributed by atoms with Crippen LogP contribution in [0.15, 0.2) is 42.5 Å². The summed E-state index contributed by atoms with van der Waals surface area (Å²) in [6, 6.07) is 11.3. The zero-order valence-corrected chi connectivity index (χ0v) is 11.5. The van der Waals surface area contributed by atoms with Gasteiger partial charge in [-0.25, -0.2) is 4.79 Å². The van der Waals surface area contributed by atoms with Crippen LogP contribution in [0.3, 0.4) is 0 Å². The van der Waals surface area contributed by atoms with Crippen molar-refractivity contribution in [1.82, 2.24) is 0 Å². The average molecular weight is 285 g/mol. The molecule has 5 heteroatoms. The molecule has 0 heterocycles. The third kappa shape index (κ3) is 3.60. The molecule has 0 fully saturated rings. The van der Waals surface area contributed by atoms with Crippen LogP contribution in [0, 0.1) is 0 Å². The predicted octanol–water partition coefficient (Wildman–Crippen LogP) is 2.75. The van der Waals surface area contributed by atoms with Crippen molar-refractivity contribution in [3.05, 3.63) is 59.2 Å². The van der Waals surface area contributed by atoms with E-state index in [1.165, 1.54) is 19.1 Å². The first-order valence-electron chi connectivity index (χ1n) is 6.33.